The first-order valence-electron chi connectivity index (χ1n) is 14.9. The summed E-state index contributed by atoms with van der Waals surface area (Å²) in [6.45, 7) is 9.91. The number of allylic oxidation sites excluding steroid dienone is 1. The van der Waals surface area contributed by atoms with Crippen molar-refractivity contribution in [2.45, 2.75) is 20.4 Å². The Morgan fingerprint density at radius 1 is 1.07 bits per heavy atom. The SMILES string of the molecule is CNC(=O)Nc1ccc2c(c1)C(=O)/C(=C/c1c(-c3c(C)nn(C)c3C)n(CCN3CCN(C)CC3)c3ccc(OC)cc13)O2. The number of Topliss-reactive ketones (excluding diaryl/α,β-unsaturated/α-hetero) is 1. The highest BCUT2D eigenvalue weighted by Gasteiger charge is 2.31. The summed E-state index contributed by atoms with van der Waals surface area (Å²) in [6.07, 6.45) is 1.85. The molecule has 2 aliphatic heterocycles. The molecule has 0 bridgehead atoms. The lowest BCUT2D eigenvalue weighted by Gasteiger charge is -2.32. The summed E-state index contributed by atoms with van der Waals surface area (Å²) >= 11 is 0. The minimum atomic E-state index is -0.364. The molecule has 230 valence electrons. The molecular formula is C33H39N7O4. The number of ether oxygens (including phenoxy) is 2. The minimum absolute atomic E-state index is 0.221. The van der Waals surface area contributed by atoms with Gasteiger partial charge in [-0.2, -0.15) is 5.10 Å². The predicted molar refractivity (Wildman–Crippen MR) is 172 cm³/mol. The number of nitrogens with one attached hydrogen (secondary N) is 2. The molecule has 2 amide bonds. The first kappa shape index (κ1) is 29.5. The van der Waals surface area contributed by atoms with Gasteiger partial charge in [-0.15, -0.1) is 0 Å². The molecule has 0 unspecified atom stereocenters. The first-order chi connectivity index (χ1) is 21.2. The smallest absolute Gasteiger partial charge is 0.318 e. The molecule has 44 heavy (non-hydrogen) atoms. The van der Waals surface area contributed by atoms with Crippen LogP contribution >= 0.6 is 0 Å². The van der Waals surface area contributed by atoms with Gasteiger partial charge in [0.1, 0.15) is 11.5 Å². The van der Waals surface area contributed by atoms with Gasteiger partial charge in [-0.05, 0) is 63.4 Å². The number of aromatic nitrogens is 3. The predicted octanol–water partition coefficient (Wildman–Crippen LogP) is 4.28. The quantitative estimate of drug-likeness (QED) is 0.307. The van der Waals surface area contributed by atoms with Gasteiger partial charge in [0.05, 0.1) is 24.1 Å². The van der Waals surface area contributed by atoms with Crippen molar-refractivity contribution >= 4 is 34.5 Å². The Balaban J connectivity index is 1.50. The topological polar surface area (TPSA) is 106 Å². The summed E-state index contributed by atoms with van der Waals surface area (Å²) in [5.74, 6) is 1.16. The van der Waals surface area contributed by atoms with E-state index in [4.69, 9.17) is 14.6 Å². The number of aryl methyl sites for hydroxylation is 2. The van der Waals surface area contributed by atoms with Crippen LogP contribution in [0.15, 0.2) is 42.2 Å². The Morgan fingerprint density at radius 3 is 2.52 bits per heavy atom. The van der Waals surface area contributed by atoms with Gasteiger partial charge < -0.3 is 29.6 Å². The third kappa shape index (κ3) is 5.33. The molecule has 11 heteroatoms. The van der Waals surface area contributed by atoms with E-state index in [0.717, 1.165) is 84.1 Å². The van der Waals surface area contributed by atoms with Crippen LogP contribution in [0.1, 0.15) is 27.3 Å². The number of hydrogen-bond donors (Lipinski definition) is 2. The monoisotopic (exact) mass is 597 g/mol. The van der Waals surface area contributed by atoms with Crippen molar-refractivity contribution < 1.29 is 19.1 Å². The zero-order valence-electron chi connectivity index (χ0n) is 26.2. The van der Waals surface area contributed by atoms with Gasteiger partial charge in [0, 0.05) is 86.8 Å². The molecule has 1 saturated heterocycles. The highest BCUT2D eigenvalue weighted by molar-refractivity contribution is 6.16. The normalized spacial score (nSPS) is 16.4. The molecule has 1 fully saturated rings. The van der Waals surface area contributed by atoms with Crippen LogP contribution in [0.2, 0.25) is 0 Å². The number of piperazine rings is 1. The first-order valence-corrected chi connectivity index (χ1v) is 14.9. The van der Waals surface area contributed by atoms with Gasteiger partial charge in [0.15, 0.2) is 5.76 Å². The van der Waals surface area contributed by atoms with Gasteiger partial charge in [-0.1, -0.05) is 0 Å². The largest absolute Gasteiger partial charge is 0.497 e. The van der Waals surface area contributed by atoms with Crippen LogP contribution in [0, 0.1) is 13.8 Å². The third-order valence-corrected chi connectivity index (χ3v) is 8.72. The van der Waals surface area contributed by atoms with E-state index in [-0.39, 0.29) is 17.6 Å². The van der Waals surface area contributed by atoms with Crippen LogP contribution in [0.5, 0.6) is 11.5 Å². The van der Waals surface area contributed by atoms with Crippen molar-refractivity contribution in [1.29, 1.82) is 0 Å². The van der Waals surface area contributed by atoms with Gasteiger partial charge in [-0.3, -0.25) is 14.4 Å². The molecule has 0 spiro atoms. The van der Waals surface area contributed by atoms with Crippen LogP contribution in [0.25, 0.3) is 28.2 Å². The van der Waals surface area contributed by atoms with E-state index in [1.54, 1.807) is 25.3 Å². The average molecular weight is 598 g/mol. The van der Waals surface area contributed by atoms with Crippen LogP contribution < -0.4 is 20.1 Å². The summed E-state index contributed by atoms with van der Waals surface area (Å²) in [5.41, 5.74) is 6.79. The molecular weight excluding hydrogens is 558 g/mol. The number of anilines is 1. The number of nitrogens with zero attached hydrogens (tertiary/aromatic N) is 5. The fraction of sp³-hybridized carbons (Fsp3) is 0.364. The van der Waals surface area contributed by atoms with Crippen molar-refractivity contribution in [3.63, 3.8) is 0 Å². The highest BCUT2D eigenvalue weighted by Crippen LogP contribution is 2.41. The number of methoxy groups -OCH3 is 1. The molecule has 4 heterocycles. The van der Waals surface area contributed by atoms with Crippen molar-refractivity contribution in [3.8, 4) is 22.8 Å². The summed E-state index contributed by atoms with van der Waals surface area (Å²) in [5, 5.41) is 11.0. The molecule has 11 nitrogen and oxygen atoms in total. The molecule has 0 aliphatic carbocycles. The van der Waals surface area contributed by atoms with Crippen molar-refractivity contribution in [2.75, 3.05) is 59.2 Å². The lowest BCUT2D eigenvalue weighted by molar-refractivity contribution is 0.101. The average Bonchev–Trinajstić information content (AvgIpc) is 3.59. The third-order valence-electron chi connectivity index (χ3n) is 8.72. The zero-order valence-corrected chi connectivity index (χ0v) is 26.2. The maximum Gasteiger partial charge on any atom is 0.318 e. The van der Waals surface area contributed by atoms with E-state index in [0.29, 0.717) is 17.0 Å². The van der Waals surface area contributed by atoms with Crippen molar-refractivity contribution in [2.24, 2.45) is 7.05 Å². The fourth-order valence-corrected chi connectivity index (χ4v) is 6.16. The maximum atomic E-state index is 13.7. The number of rotatable bonds is 7. The number of amides is 2. The second-order valence-electron chi connectivity index (χ2n) is 11.5. The van der Waals surface area contributed by atoms with E-state index in [9.17, 15) is 9.59 Å². The van der Waals surface area contributed by atoms with Gasteiger partial charge in [0.2, 0.25) is 5.78 Å². The van der Waals surface area contributed by atoms with E-state index >= 15 is 0 Å². The summed E-state index contributed by atoms with van der Waals surface area (Å²) < 4.78 is 16.1. The molecule has 2 aliphatic rings. The van der Waals surface area contributed by atoms with E-state index < -0.39 is 0 Å². The molecule has 0 radical (unpaired) electrons. The Bertz CT molecular complexity index is 1790. The van der Waals surface area contributed by atoms with E-state index in [2.05, 4.69) is 45.0 Å². The van der Waals surface area contributed by atoms with Crippen molar-refractivity contribution in [1.82, 2.24) is 29.5 Å². The molecule has 2 aromatic heterocycles. The number of hydrogen-bond acceptors (Lipinski definition) is 7. The Kier molecular flexibility index (Phi) is 7.91. The maximum absolute atomic E-state index is 13.7. The molecule has 2 aromatic carbocycles. The lowest BCUT2D eigenvalue weighted by Crippen LogP contribution is -2.45. The number of carbonyl (C=O) groups excluding carboxylic acids is 2. The standard InChI is InChI=1S/C33H39N7O4/c1-20-30(21(2)38(5)36-20)31-25(19-29-32(41)26-17-22(35-33(42)34-3)7-10-28(26)44-29)24-18-23(43-6)8-9-27(24)40(31)16-15-39-13-11-37(4)12-14-39/h7-10,17-19H,11-16H2,1-6H3,(H2,34,35,42)/b29-19-. The Hall–Kier alpha value is -4.61. The fourth-order valence-electron chi connectivity index (χ4n) is 6.16. The molecule has 4 aromatic rings. The summed E-state index contributed by atoms with van der Waals surface area (Å²) in [6, 6.07) is 10.8. The number of benzene rings is 2. The molecule has 0 atom stereocenters. The van der Waals surface area contributed by atoms with Crippen molar-refractivity contribution in [3.05, 3.63) is 64.7 Å². The number of urea groups is 1. The van der Waals surface area contributed by atoms with Crippen LogP contribution in [0.3, 0.4) is 0 Å². The second kappa shape index (κ2) is 11.8. The summed E-state index contributed by atoms with van der Waals surface area (Å²) in [4.78, 5) is 30.5. The van der Waals surface area contributed by atoms with Crippen LogP contribution in [-0.4, -0.2) is 89.9 Å². The molecule has 6 rings (SSSR count). The number of likely N-dealkylation sites (N-methyl/N-ethyl adjacent to an activating group) is 1. The van der Waals surface area contributed by atoms with E-state index in [1.165, 1.54) is 7.05 Å². The van der Waals surface area contributed by atoms with Crippen LogP contribution in [0.4, 0.5) is 10.5 Å². The lowest BCUT2D eigenvalue weighted by atomic mass is 10.0. The Labute approximate surface area is 257 Å². The van der Waals surface area contributed by atoms with E-state index in [1.807, 2.05) is 36.9 Å². The number of carbonyl (C=O) groups is 2. The summed E-state index contributed by atoms with van der Waals surface area (Å²) in [7, 11) is 7.32. The molecule has 0 saturated carbocycles. The highest BCUT2D eigenvalue weighted by atomic mass is 16.5. The molecule has 2 N–H and O–H groups in total. The van der Waals surface area contributed by atoms with Gasteiger partial charge >= 0.3 is 6.03 Å². The second-order valence-corrected chi connectivity index (χ2v) is 11.5. The Morgan fingerprint density at radius 2 is 1.84 bits per heavy atom. The van der Waals surface area contributed by atoms with Gasteiger partial charge in [-0.25, -0.2) is 4.79 Å². The van der Waals surface area contributed by atoms with Crippen LogP contribution in [-0.2, 0) is 13.6 Å². The number of ketones is 1. The number of fused-ring (bicyclic) bond motifs is 2. The van der Waals surface area contributed by atoms with Gasteiger partial charge in [0.25, 0.3) is 0 Å². The zero-order chi connectivity index (χ0) is 31.1. The minimum Gasteiger partial charge on any atom is -0.497 e.